The molecule has 0 atom stereocenters. The third-order valence-corrected chi connectivity index (χ3v) is 4.32. The Balaban J connectivity index is 2.09. The van der Waals surface area contributed by atoms with E-state index in [4.69, 9.17) is 11.6 Å². The van der Waals surface area contributed by atoms with Gasteiger partial charge in [0, 0.05) is 18.1 Å². The third-order valence-electron chi connectivity index (χ3n) is 2.35. The highest BCUT2D eigenvalue weighted by Gasteiger charge is 2.13. The number of halogens is 1. The summed E-state index contributed by atoms with van der Waals surface area (Å²) in [7, 11) is 0. The van der Waals surface area contributed by atoms with Gasteiger partial charge < -0.3 is 5.32 Å². The Hall–Kier alpha value is -1.11. The predicted octanol–water partition coefficient (Wildman–Crippen LogP) is 3.97. The van der Waals surface area contributed by atoms with E-state index in [1.165, 1.54) is 0 Å². The van der Waals surface area contributed by atoms with Crippen LogP contribution in [0.1, 0.15) is 6.92 Å². The van der Waals surface area contributed by atoms with Gasteiger partial charge >= 0.3 is 0 Å². The van der Waals surface area contributed by atoms with Crippen molar-refractivity contribution in [1.82, 2.24) is 14.8 Å². The lowest BCUT2D eigenvalue weighted by Gasteiger charge is -1.97. The first-order valence-electron chi connectivity index (χ1n) is 5.10. The van der Waals surface area contributed by atoms with Gasteiger partial charge in [0.05, 0.1) is 9.72 Å². The van der Waals surface area contributed by atoms with Crippen LogP contribution in [0, 0.1) is 0 Å². The highest BCUT2D eigenvalue weighted by molar-refractivity contribution is 7.22. The Morgan fingerprint density at radius 1 is 1.53 bits per heavy atom. The smallest absolute Gasteiger partial charge is 0.188 e. The van der Waals surface area contributed by atoms with Gasteiger partial charge in [0.15, 0.2) is 10.9 Å². The fraction of sp³-hybridized carbons (Fsp3) is 0.200. The van der Waals surface area contributed by atoms with Crippen molar-refractivity contribution < 1.29 is 0 Å². The van der Waals surface area contributed by atoms with Crippen molar-refractivity contribution in [2.75, 3.05) is 5.32 Å². The molecule has 0 aliphatic rings. The molecule has 3 aromatic heterocycles. The Morgan fingerprint density at radius 3 is 3.12 bits per heavy atom. The molecule has 0 aliphatic carbocycles. The van der Waals surface area contributed by atoms with Gasteiger partial charge in [-0.3, -0.25) is 4.68 Å². The maximum absolute atomic E-state index is 6.04. The molecule has 7 heteroatoms. The van der Waals surface area contributed by atoms with Crippen molar-refractivity contribution in [1.29, 1.82) is 0 Å². The summed E-state index contributed by atoms with van der Waals surface area (Å²) in [5, 5.41) is 11.5. The van der Waals surface area contributed by atoms with Gasteiger partial charge in [-0.2, -0.15) is 5.10 Å². The molecule has 3 heterocycles. The standard InChI is InChI=1S/C10H9ClN4S2/c1-2-15-9-6(5-7(11)17-9)8(14-15)13-10-12-3-4-16-10/h3-5H,2H2,1H3,(H,12,13,14). The van der Waals surface area contributed by atoms with E-state index >= 15 is 0 Å². The average Bonchev–Trinajstić information content (AvgIpc) is 2.97. The van der Waals surface area contributed by atoms with Crippen LogP contribution in [0.3, 0.4) is 0 Å². The molecule has 3 aromatic rings. The van der Waals surface area contributed by atoms with Crippen LogP contribution in [0.15, 0.2) is 17.6 Å². The summed E-state index contributed by atoms with van der Waals surface area (Å²) in [5.41, 5.74) is 0. The number of aryl methyl sites for hydroxylation is 1. The second-order valence-corrected chi connectivity index (χ2v) is 5.95. The molecule has 0 radical (unpaired) electrons. The van der Waals surface area contributed by atoms with E-state index in [1.807, 2.05) is 16.1 Å². The van der Waals surface area contributed by atoms with Crippen molar-refractivity contribution >= 4 is 55.4 Å². The van der Waals surface area contributed by atoms with Gasteiger partial charge in [0.1, 0.15) is 4.83 Å². The molecule has 0 spiro atoms. The van der Waals surface area contributed by atoms with Crippen LogP contribution in [0.5, 0.6) is 0 Å². The number of fused-ring (bicyclic) bond motifs is 1. The second kappa shape index (κ2) is 4.29. The van der Waals surface area contributed by atoms with Crippen LogP contribution in [-0.4, -0.2) is 14.8 Å². The van der Waals surface area contributed by atoms with E-state index in [2.05, 4.69) is 22.3 Å². The normalized spacial score (nSPS) is 11.2. The van der Waals surface area contributed by atoms with Crippen LogP contribution in [-0.2, 0) is 6.54 Å². The highest BCUT2D eigenvalue weighted by Crippen LogP contribution is 2.35. The van der Waals surface area contributed by atoms with E-state index in [9.17, 15) is 0 Å². The van der Waals surface area contributed by atoms with Crippen LogP contribution in [0.25, 0.3) is 10.2 Å². The van der Waals surface area contributed by atoms with Gasteiger partial charge in [0.2, 0.25) is 0 Å². The monoisotopic (exact) mass is 284 g/mol. The lowest BCUT2D eigenvalue weighted by molar-refractivity contribution is 0.691. The van der Waals surface area contributed by atoms with Crippen molar-refractivity contribution in [3.63, 3.8) is 0 Å². The maximum Gasteiger partial charge on any atom is 0.188 e. The van der Waals surface area contributed by atoms with Gasteiger partial charge in [-0.15, -0.1) is 22.7 Å². The first-order valence-corrected chi connectivity index (χ1v) is 7.17. The van der Waals surface area contributed by atoms with Crippen molar-refractivity contribution in [2.24, 2.45) is 0 Å². The van der Waals surface area contributed by atoms with Crippen molar-refractivity contribution in [2.45, 2.75) is 13.5 Å². The zero-order chi connectivity index (χ0) is 11.8. The molecule has 0 aliphatic heterocycles. The van der Waals surface area contributed by atoms with Gasteiger partial charge in [-0.1, -0.05) is 11.6 Å². The number of nitrogens with one attached hydrogen (secondary N) is 1. The summed E-state index contributed by atoms with van der Waals surface area (Å²) in [5.74, 6) is 0.819. The minimum absolute atomic E-state index is 0.779. The molecule has 0 aromatic carbocycles. The number of hydrogen-bond acceptors (Lipinski definition) is 5. The molecule has 1 N–H and O–H groups in total. The van der Waals surface area contributed by atoms with Gasteiger partial charge in [-0.05, 0) is 13.0 Å². The molecule has 0 saturated heterocycles. The summed E-state index contributed by atoms with van der Waals surface area (Å²) in [6.07, 6.45) is 1.77. The SMILES string of the molecule is CCn1nc(Nc2nccs2)c2cc(Cl)sc21. The van der Waals surface area contributed by atoms with E-state index in [1.54, 1.807) is 28.9 Å². The number of nitrogens with zero attached hydrogens (tertiary/aromatic N) is 3. The molecule has 0 unspecified atom stereocenters. The van der Waals surface area contributed by atoms with E-state index in [0.717, 1.165) is 32.0 Å². The summed E-state index contributed by atoms with van der Waals surface area (Å²) < 4.78 is 2.73. The van der Waals surface area contributed by atoms with E-state index in [0.29, 0.717) is 0 Å². The topological polar surface area (TPSA) is 42.7 Å². The lowest BCUT2D eigenvalue weighted by atomic mass is 10.4. The zero-order valence-corrected chi connectivity index (χ0v) is 11.4. The number of aromatic nitrogens is 3. The summed E-state index contributed by atoms with van der Waals surface area (Å²) >= 11 is 9.14. The first kappa shape index (κ1) is 11.0. The van der Waals surface area contributed by atoms with Crippen LogP contribution in [0.4, 0.5) is 10.9 Å². The predicted molar refractivity (Wildman–Crippen MR) is 73.7 cm³/mol. The Labute approximate surface area is 111 Å². The largest absolute Gasteiger partial charge is 0.314 e. The molecular formula is C10H9ClN4S2. The quantitative estimate of drug-likeness (QED) is 0.791. The number of hydrogen-bond donors (Lipinski definition) is 1. The van der Waals surface area contributed by atoms with Gasteiger partial charge in [0.25, 0.3) is 0 Å². The fourth-order valence-electron chi connectivity index (χ4n) is 1.63. The molecule has 0 bridgehead atoms. The van der Waals surface area contributed by atoms with Crippen LogP contribution < -0.4 is 5.32 Å². The molecule has 0 amide bonds. The number of thiazole rings is 1. The Kier molecular flexibility index (Phi) is 2.78. The van der Waals surface area contributed by atoms with Gasteiger partial charge in [-0.25, -0.2) is 4.98 Å². The summed E-state index contributed by atoms with van der Waals surface area (Å²) in [4.78, 5) is 5.28. The molecule has 88 valence electrons. The second-order valence-electron chi connectivity index (χ2n) is 3.40. The zero-order valence-electron chi connectivity index (χ0n) is 8.98. The Bertz CT molecular complexity index is 641. The van der Waals surface area contributed by atoms with Crippen LogP contribution in [0.2, 0.25) is 4.34 Å². The molecule has 17 heavy (non-hydrogen) atoms. The Morgan fingerprint density at radius 2 is 2.41 bits per heavy atom. The van der Waals surface area contributed by atoms with E-state index in [-0.39, 0.29) is 0 Å². The first-order chi connectivity index (χ1) is 8.28. The number of rotatable bonds is 3. The molecule has 4 nitrogen and oxygen atoms in total. The molecule has 3 rings (SSSR count). The third kappa shape index (κ3) is 1.92. The molecule has 0 saturated carbocycles. The highest BCUT2D eigenvalue weighted by atomic mass is 35.5. The van der Waals surface area contributed by atoms with Crippen molar-refractivity contribution in [3.8, 4) is 0 Å². The fourth-order valence-corrected chi connectivity index (χ4v) is 3.39. The summed E-state index contributed by atoms with van der Waals surface area (Å²) in [6.45, 7) is 2.89. The lowest BCUT2D eigenvalue weighted by Crippen LogP contribution is -1.97. The minimum Gasteiger partial charge on any atom is -0.314 e. The summed E-state index contributed by atoms with van der Waals surface area (Å²) in [6, 6.07) is 1.94. The molecular weight excluding hydrogens is 276 g/mol. The van der Waals surface area contributed by atoms with Crippen molar-refractivity contribution in [3.05, 3.63) is 22.0 Å². The minimum atomic E-state index is 0.779. The number of thiophene rings is 1. The van der Waals surface area contributed by atoms with E-state index < -0.39 is 0 Å². The molecule has 0 fully saturated rings. The number of anilines is 2. The van der Waals surface area contributed by atoms with Crippen LogP contribution >= 0.6 is 34.3 Å². The average molecular weight is 285 g/mol. The maximum atomic E-state index is 6.04.